The van der Waals surface area contributed by atoms with Crippen LogP contribution in [0.1, 0.15) is 5.56 Å². The van der Waals surface area contributed by atoms with Crippen molar-refractivity contribution in [2.75, 3.05) is 7.11 Å². The van der Waals surface area contributed by atoms with Crippen LogP contribution in [0.4, 0.5) is 5.69 Å². The topological polar surface area (TPSA) is 21.6 Å². The Labute approximate surface area is 75.8 Å². The van der Waals surface area contributed by atoms with Gasteiger partial charge in [0.1, 0.15) is 16.6 Å². The molecule has 1 aromatic rings. The number of benzene rings is 1. The van der Waals surface area contributed by atoms with Gasteiger partial charge in [-0.05, 0) is 11.6 Å². The fraction of sp³-hybridized carbons (Fsp3) is 0.222. The average molecular weight is 182 g/mol. The number of para-hydroxylation sites is 1. The predicted octanol–water partition coefficient (Wildman–Crippen LogP) is 2.52. The van der Waals surface area contributed by atoms with Crippen molar-refractivity contribution in [1.29, 1.82) is 0 Å². The lowest BCUT2D eigenvalue weighted by Crippen LogP contribution is -1.86. The molecule has 0 N–H and O–H groups in total. The molecule has 0 radical (unpaired) electrons. The quantitative estimate of drug-likeness (QED) is 0.653. The molecule has 12 heavy (non-hydrogen) atoms. The Morgan fingerprint density at radius 2 is 2.33 bits per heavy atom. The number of fused-ring (bicyclic) bond motifs is 1. The molecule has 1 heterocycles. The third-order valence-electron chi connectivity index (χ3n) is 1.87. The van der Waals surface area contributed by atoms with E-state index in [0.29, 0.717) is 5.17 Å². The molecule has 0 fully saturated rings. The smallest absolute Gasteiger partial charge is 0.144 e. The van der Waals surface area contributed by atoms with Crippen LogP contribution < -0.4 is 4.74 Å². The third-order valence-corrected chi connectivity index (χ3v) is 2.09. The first-order valence-corrected chi connectivity index (χ1v) is 4.08. The summed E-state index contributed by atoms with van der Waals surface area (Å²) in [6, 6.07) is 5.84. The molecular formula is C9H8ClNO. The van der Waals surface area contributed by atoms with Crippen LogP contribution in [0.2, 0.25) is 0 Å². The molecular weight excluding hydrogens is 174 g/mol. The molecule has 0 unspecified atom stereocenters. The van der Waals surface area contributed by atoms with Crippen LogP contribution in [0.25, 0.3) is 0 Å². The average Bonchev–Trinajstić information content (AvgIpc) is 2.44. The Kier molecular flexibility index (Phi) is 1.77. The minimum Gasteiger partial charge on any atom is -0.494 e. The molecule has 0 atom stereocenters. The summed E-state index contributed by atoms with van der Waals surface area (Å²) in [5, 5.41) is 0.634. The maximum atomic E-state index is 5.80. The van der Waals surface area contributed by atoms with Crippen LogP contribution in [-0.2, 0) is 6.42 Å². The summed E-state index contributed by atoms with van der Waals surface area (Å²) in [5.74, 6) is 0.795. The fourth-order valence-corrected chi connectivity index (χ4v) is 1.55. The van der Waals surface area contributed by atoms with E-state index in [1.807, 2.05) is 18.2 Å². The number of nitrogens with zero attached hydrogens (tertiary/aromatic N) is 1. The van der Waals surface area contributed by atoms with E-state index >= 15 is 0 Å². The highest BCUT2D eigenvalue weighted by Crippen LogP contribution is 2.36. The van der Waals surface area contributed by atoms with E-state index in [9.17, 15) is 0 Å². The number of halogens is 1. The first kappa shape index (κ1) is 7.62. The van der Waals surface area contributed by atoms with Gasteiger partial charge >= 0.3 is 0 Å². The van der Waals surface area contributed by atoms with Gasteiger partial charge in [-0.1, -0.05) is 23.7 Å². The van der Waals surface area contributed by atoms with Crippen molar-refractivity contribution in [2.24, 2.45) is 4.99 Å². The minimum atomic E-state index is 0.634. The van der Waals surface area contributed by atoms with Crippen LogP contribution in [0.5, 0.6) is 5.75 Å². The minimum absolute atomic E-state index is 0.634. The fourth-order valence-electron chi connectivity index (χ4n) is 1.32. The molecule has 0 saturated heterocycles. The van der Waals surface area contributed by atoms with Gasteiger partial charge in [-0.3, -0.25) is 0 Å². The lowest BCUT2D eigenvalue weighted by atomic mass is 10.1. The zero-order valence-electron chi connectivity index (χ0n) is 6.67. The molecule has 62 valence electrons. The molecule has 2 rings (SSSR count). The van der Waals surface area contributed by atoms with E-state index in [2.05, 4.69) is 4.99 Å². The van der Waals surface area contributed by atoms with Crippen molar-refractivity contribution < 1.29 is 4.74 Å². The predicted molar refractivity (Wildman–Crippen MR) is 49.6 cm³/mol. The van der Waals surface area contributed by atoms with Crippen LogP contribution in [-0.4, -0.2) is 12.3 Å². The highest BCUT2D eigenvalue weighted by atomic mass is 35.5. The van der Waals surface area contributed by atoms with Gasteiger partial charge in [0.15, 0.2) is 0 Å². The lowest BCUT2D eigenvalue weighted by molar-refractivity contribution is 0.416. The number of ether oxygens (including phenoxy) is 1. The first-order valence-electron chi connectivity index (χ1n) is 3.70. The van der Waals surface area contributed by atoms with Crippen LogP contribution in [0, 0.1) is 0 Å². The molecule has 1 aromatic carbocycles. The molecule has 0 aliphatic carbocycles. The molecule has 0 bridgehead atoms. The highest BCUT2D eigenvalue weighted by molar-refractivity contribution is 6.66. The third kappa shape index (κ3) is 1.08. The standard InChI is InChI=1S/C9H8ClNO/c1-12-7-4-2-3-6-5-8(10)11-9(6)7/h2-4H,5H2,1H3. The van der Waals surface area contributed by atoms with Gasteiger partial charge < -0.3 is 4.74 Å². The Balaban J connectivity index is 2.55. The second kappa shape index (κ2) is 2.79. The molecule has 0 spiro atoms. The van der Waals surface area contributed by atoms with Crippen molar-refractivity contribution >= 4 is 22.5 Å². The second-order valence-corrected chi connectivity index (χ2v) is 3.07. The zero-order valence-corrected chi connectivity index (χ0v) is 7.43. The molecule has 0 saturated carbocycles. The summed E-state index contributed by atoms with van der Waals surface area (Å²) in [5.41, 5.74) is 2.02. The summed E-state index contributed by atoms with van der Waals surface area (Å²) in [4.78, 5) is 4.18. The van der Waals surface area contributed by atoms with E-state index in [1.54, 1.807) is 7.11 Å². The van der Waals surface area contributed by atoms with Crippen molar-refractivity contribution in [1.82, 2.24) is 0 Å². The SMILES string of the molecule is COc1cccc2c1N=C(Cl)C2. The highest BCUT2D eigenvalue weighted by Gasteiger charge is 2.15. The summed E-state index contributed by atoms with van der Waals surface area (Å²) in [6.07, 6.45) is 0.730. The number of rotatable bonds is 1. The summed E-state index contributed by atoms with van der Waals surface area (Å²) in [7, 11) is 1.64. The van der Waals surface area contributed by atoms with Gasteiger partial charge in [0.05, 0.1) is 7.11 Å². The normalized spacial score (nSPS) is 14.0. The number of hydrogen-bond donors (Lipinski definition) is 0. The van der Waals surface area contributed by atoms with E-state index in [4.69, 9.17) is 16.3 Å². The van der Waals surface area contributed by atoms with Gasteiger partial charge in [0.2, 0.25) is 0 Å². The lowest BCUT2D eigenvalue weighted by Gasteiger charge is -2.02. The maximum absolute atomic E-state index is 5.80. The van der Waals surface area contributed by atoms with Crippen molar-refractivity contribution in [3.05, 3.63) is 23.8 Å². The van der Waals surface area contributed by atoms with Crippen molar-refractivity contribution in [2.45, 2.75) is 6.42 Å². The molecule has 2 nitrogen and oxygen atoms in total. The van der Waals surface area contributed by atoms with E-state index in [1.165, 1.54) is 0 Å². The Hall–Kier alpha value is -1.02. The number of hydrogen-bond acceptors (Lipinski definition) is 2. The second-order valence-electron chi connectivity index (χ2n) is 2.63. The monoisotopic (exact) mass is 181 g/mol. The summed E-state index contributed by atoms with van der Waals surface area (Å²) in [6.45, 7) is 0. The molecule has 0 amide bonds. The van der Waals surface area contributed by atoms with Crippen LogP contribution >= 0.6 is 11.6 Å². The first-order chi connectivity index (χ1) is 5.81. The van der Waals surface area contributed by atoms with Gasteiger partial charge in [0.25, 0.3) is 0 Å². The summed E-state index contributed by atoms with van der Waals surface area (Å²) < 4.78 is 5.14. The van der Waals surface area contributed by atoms with Crippen molar-refractivity contribution in [3.8, 4) is 5.75 Å². The Morgan fingerprint density at radius 3 is 3.08 bits per heavy atom. The van der Waals surface area contributed by atoms with Gasteiger partial charge in [0, 0.05) is 6.42 Å². The van der Waals surface area contributed by atoms with Gasteiger partial charge in [-0.15, -0.1) is 0 Å². The van der Waals surface area contributed by atoms with Crippen molar-refractivity contribution in [3.63, 3.8) is 0 Å². The largest absolute Gasteiger partial charge is 0.494 e. The molecule has 0 aromatic heterocycles. The van der Waals surface area contributed by atoms with E-state index < -0.39 is 0 Å². The van der Waals surface area contributed by atoms with Crippen LogP contribution in [0.15, 0.2) is 23.2 Å². The number of aliphatic imine (C=N–C) groups is 1. The zero-order chi connectivity index (χ0) is 8.55. The van der Waals surface area contributed by atoms with Gasteiger partial charge in [-0.2, -0.15) is 0 Å². The maximum Gasteiger partial charge on any atom is 0.144 e. The van der Waals surface area contributed by atoms with Gasteiger partial charge in [-0.25, -0.2) is 4.99 Å². The molecule has 3 heteroatoms. The summed E-state index contributed by atoms with van der Waals surface area (Å²) >= 11 is 5.80. The van der Waals surface area contributed by atoms with E-state index in [-0.39, 0.29) is 0 Å². The molecule has 1 aliphatic heterocycles. The van der Waals surface area contributed by atoms with E-state index in [0.717, 1.165) is 23.4 Å². The Bertz CT molecular complexity index is 346. The number of methoxy groups -OCH3 is 1. The van der Waals surface area contributed by atoms with Crippen LogP contribution in [0.3, 0.4) is 0 Å². The molecule has 1 aliphatic rings. The Morgan fingerprint density at radius 1 is 1.50 bits per heavy atom.